The van der Waals surface area contributed by atoms with Crippen LogP contribution in [0.3, 0.4) is 0 Å². The van der Waals surface area contributed by atoms with E-state index in [0.717, 1.165) is 5.69 Å². The molecule has 1 aromatic heterocycles. The molecule has 0 bridgehead atoms. The molecule has 4 nitrogen and oxygen atoms in total. The Balaban J connectivity index is 2.77. The van der Waals surface area contributed by atoms with Gasteiger partial charge in [0.25, 0.3) is 0 Å². The molecule has 0 spiro atoms. The maximum Gasteiger partial charge on any atom is 0.239 e. The smallest absolute Gasteiger partial charge is 0.239 e. The van der Waals surface area contributed by atoms with Gasteiger partial charge in [0.05, 0.1) is 18.3 Å². The molecule has 0 saturated heterocycles. The fourth-order valence-corrected chi connectivity index (χ4v) is 1.44. The monoisotopic (exact) mass is 221 g/mol. The Bertz CT molecular complexity index is 335. The van der Waals surface area contributed by atoms with E-state index < -0.39 is 6.04 Å². The maximum atomic E-state index is 11.9. The predicted molar refractivity (Wildman–Crippen MR) is 63.6 cm³/mol. The molecule has 0 aliphatic rings. The fourth-order valence-electron chi connectivity index (χ4n) is 1.44. The van der Waals surface area contributed by atoms with Gasteiger partial charge in [-0.25, -0.2) is 0 Å². The third-order valence-electron chi connectivity index (χ3n) is 2.35. The van der Waals surface area contributed by atoms with Gasteiger partial charge in [-0.2, -0.15) is 0 Å². The number of pyridine rings is 1. The molecule has 88 valence electrons. The number of hydrogen-bond acceptors (Lipinski definition) is 3. The van der Waals surface area contributed by atoms with Gasteiger partial charge >= 0.3 is 0 Å². The van der Waals surface area contributed by atoms with Crippen molar-refractivity contribution in [3.05, 3.63) is 30.1 Å². The van der Waals surface area contributed by atoms with Crippen molar-refractivity contribution < 1.29 is 4.79 Å². The second kappa shape index (κ2) is 5.61. The molecule has 0 aliphatic heterocycles. The van der Waals surface area contributed by atoms with Crippen molar-refractivity contribution in [2.75, 3.05) is 0 Å². The molecule has 1 atom stereocenters. The van der Waals surface area contributed by atoms with Crippen LogP contribution in [0, 0.1) is 0 Å². The van der Waals surface area contributed by atoms with E-state index in [1.165, 1.54) is 0 Å². The Morgan fingerprint density at radius 1 is 1.44 bits per heavy atom. The number of carbonyl (C=O) groups excluding carboxylic acids is 1. The quantitative estimate of drug-likeness (QED) is 0.830. The molecule has 1 amide bonds. The Kier molecular flexibility index (Phi) is 4.43. The van der Waals surface area contributed by atoms with Crippen molar-refractivity contribution in [3.8, 4) is 0 Å². The van der Waals surface area contributed by atoms with Crippen LogP contribution in [-0.4, -0.2) is 27.9 Å². The van der Waals surface area contributed by atoms with E-state index >= 15 is 0 Å². The van der Waals surface area contributed by atoms with Gasteiger partial charge in [0.1, 0.15) is 0 Å². The first-order valence-electron chi connectivity index (χ1n) is 5.48. The normalized spacial score (nSPS) is 12.6. The van der Waals surface area contributed by atoms with Crippen molar-refractivity contribution in [1.82, 2.24) is 9.88 Å². The summed E-state index contributed by atoms with van der Waals surface area (Å²) in [7, 11) is 0. The van der Waals surface area contributed by atoms with E-state index in [2.05, 4.69) is 4.98 Å². The van der Waals surface area contributed by atoms with Gasteiger partial charge in [0.2, 0.25) is 5.91 Å². The Morgan fingerprint density at radius 2 is 2.12 bits per heavy atom. The molecular formula is C12H19N3O. The van der Waals surface area contributed by atoms with E-state index in [1.54, 1.807) is 18.0 Å². The van der Waals surface area contributed by atoms with Crippen LogP contribution < -0.4 is 5.73 Å². The zero-order chi connectivity index (χ0) is 12.1. The number of hydrogen-bond donors (Lipinski definition) is 1. The molecule has 1 rings (SSSR count). The minimum absolute atomic E-state index is 0.0411. The fraction of sp³-hybridized carbons (Fsp3) is 0.500. The maximum absolute atomic E-state index is 11.9. The molecule has 2 N–H and O–H groups in total. The molecule has 0 aromatic carbocycles. The minimum Gasteiger partial charge on any atom is -0.333 e. The summed E-state index contributed by atoms with van der Waals surface area (Å²) in [5.41, 5.74) is 6.50. The summed E-state index contributed by atoms with van der Waals surface area (Å²) >= 11 is 0. The molecule has 0 fully saturated rings. The van der Waals surface area contributed by atoms with Crippen molar-refractivity contribution in [2.24, 2.45) is 5.73 Å². The molecular weight excluding hydrogens is 202 g/mol. The highest BCUT2D eigenvalue weighted by Gasteiger charge is 2.20. The van der Waals surface area contributed by atoms with E-state index in [1.807, 2.05) is 32.0 Å². The number of carbonyl (C=O) groups is 1. The molecule has 4 heteroatoms. The summed E-state index contributed by atoms with van der Waals surface area (Å²) in [6.45, 7) is 6.17. The summed E-state index contributed by atoms with van der Waals surface area (Å²) in [4.78, 5) is 17.8. The van der Waals surface area contributed by atoms with Gasteiger partial charge in [-0.15, -0.1) is 0 Å². The lowest BCUT2D eigenvalue weighted by Gasteiger charge is -2.28. The molecule has 1 unspecified atom stereocenters. The molecule has 1 heterocycles. The van der Waals surface area contributed by atoms with Crippen LogP contribution >= 0.6 is 0 Å². The van der Waals surface area contributed by atoms with Gasteiger partial charge in [-0.3, -0.25) is 9.78 Å². The summed E-state index contributed by atoms with van der Waals surface area (Å²) in [5.74, 6) is -0.0411. The lowest BCUT2D eigenvalue weighted by molar-refractivity contribution is -0.134. The third kappa shape index (κ3) is 3.31. The number of rotatable bonds is 4. The molecule has 1 aromatic rings. The molecule has 0 radical (unpaired) electrons. The second-order valence-electron chi connectivity index (χ2n) is 4.17. The average Bonchev–Trinajstić information content (AvgIpc) is 2.26. The van der Waals surface area contributed by atoms with Gasteiger partial charge in [0, 0.05) is 12.2 Å². The second-order valence-corrected chi connectivity index (χ2v) is 4.17. The SMILES string of the molecule is CC(N)C(=O)N(Cc1ccccn1)C(C)C. The van der Waals surface area contributed by atoms with E-state index in [9.17, 15) is 4.79 Å². The largest absolute Gasteiger partial charge is 0.333 e. The molecule has 0 saturated carbocycles. The lowest BCUT2D eigenvalue weighted by atomic mass is 10.2. The third-order valence-corrected chi connectivity index (χ3v) is 2.35. The summed E-state index contributed by atoms with van der Waals surface area (Å²) in [6, 6.07) is 5.34. The van der Waals surface area contributed by atoms with Crippen molar-refractivity contribution >= 4 is 5.91 Å². The zero-order valence-electron chi connectivity index (χ0n) is 10.1. The first kappa shape index (κ1) is 12.6. The number of nitrogens with two attached hydrogens (primary N) is 1. The van der Waals surface area contributed by atoms with E-state index in [0.29, 0.717) is 6.54 Å². The van der Waals surface area contributed by atoms with Crippen LogP contribution in [0.2, 0.25) is 0 Å². The van der Waals surface area contributed by atoms with Crippen molar-refractivity contribution in [3.63, 3.8) is 0 Å². The Labute approximate surface area is 96.5 Å². The molecule has 16 heavy (non-hydrogen) atoms. The summed E-state index contributed by atoms with van der Waals surface area (Å²) in [6.07, 6.45) is 1.73. The lowest BCUT2D eigenvalue weighted by Crippen LogP contribution is -2.45. The van der Waals surface area contributed by atoms with E-state index in [-0.39, 0.29) is 11.9 Å². The first-order chi connectivity index (χ1) is 7.52. The number of nitrogens with zero attached hydrogens (tertiary/aromatic N) is 2. The summed E-state index contributed by atoms with van der Waals surface area (Å²) in [5, 5.41) is 0. The van der Waals surface area contributed by atoms with E-state index in [4.69, 9.17) is 5.73 Å². The Morgan fingerprint density at radius 3 is 2.56 bits per heavy atom. The highest BCUT2D eigenvalue weighted by molar-refractivity contribution is 5.81. The minimum atomic E-state index is -0.467. The van der Waals surface area contributed by atoms with Gasteiger partial charge < -0.3 is 10.6 Å². The van der Waals surface area contributed by atoms with Crippen molar-refractivity contribution in [1.29, 1.82) is 0 Å². The standard InChI is InChI=1S/C12H19N3O/c1-9(2)15(12(16)10(3)13)8-11-6-4-5-7-14-11/h4-7,9-10H,8,13H2,1-3H3. The zero-order valence-corrected chi connectivity index (χ0v) is 10.1. The van der Waals surface area contributed by atoms with Crippen LogP contribution in [0.1, 0.15) is 26.5 Å². The topological polar surface area (TPSA) is 59.2 Å². The van der Waals surface area contributed by atoms with Crippen LogP contribution in [0.25, 0.3) is 0 Å². The van der Waals surface area contributed by atoms with Crippen LogP contribution in [0.15, 0.2) is 24.4 Å². The van der Waals surface area contributed by atoms with Crippen LogP contribution in [-0.2, 0) is 11.3 Å². The number of amides is 1. The van der Waals surface area contributed by atoms with Crippen LogP contribution in [0.4, 0.5) is 0 Å². The Hall–Kier alpha value is -1.42. The van der Waals surface area contributed by atoms with Gasteiger partial charge in [-0.05, 0) is 32.9 Å². The highest BCUT2D eigenvalue weighted by Crippen LogP contribution is 2.07. The average molecular weight is 221 g/mol. The summed E-state index contributed by atoms with van der Waals surface area (Å²) < 4.78 is 0. The van der Waals surface area contributed by atoms with Gasteiger partial charge in [-0.1, -0.05) is 6.07 Å². The van der Waals surface area contributed by atoms with Crippen molar-refractivity contribution in [2.45, 2.75) is 39.4 Å². The number of aromatic nitrogens is 1. The first-order valence-corrected chi connectivity index (χ1v) is 5.48. The van der Waals surface area contributed by atoms with Gasteiger partial charge in [0.15, 0.2) is 0 Å². The molecule has 0 aliphatic carbocycles. The highest BCUT2D eigenvalue weighted by atomic mass is 16.2. The van der Waals surface area contributed by atoms with Crippen LogP contribution in [0.5, 0.6) is 0 Å². The predicted octanol–water partition coefficient (Wildman–Crippen LogP) is 1.17.